The first kappa shape index (κ1) is 11.7. The third-order valence-electron chi connectivity index (χ3n) is 1.99. The Morgan fingerprint density at radius 1 is 1.41 bits per heavy atom. The highest BCUT2D eigenvalue weighted by atomic mass is 35.5. The van der Waals surface area contributed by atoms with Crippen LogP contribution in [0.1, 0.15) is 0 Å². The van der Waals surface area contributed by atoms with Gasteiger partial charge in [-0.3, -0.25) is 9.82 Å². The lowest BCUT2D eigenvalue weighted by Crippen LogP contribution is -2.12. The molecular weight excluding hydrogens is 266 g/mol. The van der Waals surface area contributed by atoms with Gasteiger partial charge < -0.3 is 5.11 Å². The van der Waals surface area contributed by atoms with Crippen LogP contribution in [-0.2, 0) is 10.0 Å². The third-order valence-corrected chi connectivity index (χ3v) is 3.56. The van der Waals surface area contributed by atoms with E-state index in [-0.39, 0.29) is 16.3 Å². The van der Waals surface area contributed by atoms with Crippen molar-refractivity contribution in [2.24, 2.45) is 0 Å². The maximum atomic E-state index is 11.8. The SMILES string of the molecule is O=S(=O)(Nc1ccc(Cl)cc1O)c1cn[nH]c1. The van der Waals surface area contributed by atoms with E-state index in [2.05, 4.69) is 14.9 Å². The van der Waals surface area contributed by atoms with Gasteiger partial charge in [0.05, 0.1) is 11.9 Å². The van der Waals surface area contributed by atoms with Crippen molar-refractivity contribution < 1.29 is 13.5 Å². The number of phenolic OH excluding ortho intramolecular Hbond substituents is 1. The zero-order valence-corrected chi connectivity index (χ0v) is 9.96. The fourth-order valence-corrected chi connectivity index (χ4v) is 2.33. The number of nitrogens with zero attached hydrogens (tertiary/aromatic N) is 1. The lowest BCUT2D eigenvalue weighted by atomic mass is 10.3. The van der Waals surface area contributed by atoms with Crippen molar-refractivity contribution in [3.05, 3.63) is 35.6 Å². The average Bonchev–Trinajstić information content (AvgIpc) is 2.76. The monoisotopic (exact) mass is 273 g/mol. The van der Waals surface area contributed by atoms with E-state index >= 15 is 0 Å². The van der Waals surface area contributed by atoms with E-state index in [0.717, 1.165) is 6.20 Å². The highest BCUT2D eigenvalue weighted by Crippen LogP contribution is 2.28. The number of anilines is 1. The highest BCUT2D eigenvalue weighted by molar-refractivity contribution is 7.92. The number of phenols is 1. The summed E-state index contributed by atoms with van der Waals surface area (Å²) in [5.74, 6) is -0.246. The molecule has 0 saturated carbocycles. The average molecular weight is 274 g/mol. The van der Waals surface area contributed by atoms with Gasteiger partial charge in [0.2, 0.25) is 0 Å². The number of aromatic nitrogens is 2. The van der Waals surface area contributed by atoms with Gasteiger partial charge in [0.25, 0.3) is 10.0 Å². The molecule has 0 amide bonds. The third kappa shape index (κ3) is 2.51. The molecular formula is C9H8ClN3O3S. The molecule has 8 heteroatoms. The number of sulfonamides is 1. The van der Waals surface area contributed by atoms with E-state index in [1.54, 1.807) is 0 Å². The lowest BCUT2D eigenvalue weighted by Gasteiger charge is -2.07. The van der Waals surface area contributed by atoms with Crippen LogP contribution in [0.15, 0.2) is 35.5 Å². The predicted molar refractivity (Wildman–Crippen MR) is 62.5 cm³/mol. The van der Waals surface area contributed by atoms with Gasteiger partial charge >= 0.3 is 0 Å². The number of aromatic amines is 1. The molecule has 0 bridgehead atoms. The molecule has 2 aromatic rings. The van der Waals surface area contributed by atoms with Crippen LogP contribution < -0.4 is 4.72 Å². The van der Waals surface area contributed by atoms with Crippen molar-refractivity contribution in [1.29, 1.82) is 0 Å². The van der Waals surface area contributed by atoms with Gasteiger partial charge in [-0.15, -0.1) is 0 Å². The first-order chi connectivity index (χ1) is 7.99. The molecule has 0 unspecified atom stereocenters. The van der Waals surface area contributed by atoms with Gasteiger partial charge in [-0.25, -0.2) is 8.42 Å². The largest absolute Gasteiger partial charge is 0.506 e. The summed E-state index contributed by atoms with van der Waals surface area (Å²) in [6.07, 6.45) is 2.39. The molecule has 1 aromatic heterocycles. The van der Waals surface area contributed by atoms with Gasteiger partial charge in [-0.05, 0) is 12.1 Å². The Kier molecular flexibility index (Phi) is 2.95. The van der Waals surface area contributed by atoms with Crippen LogP contribution in [0.5, 0.6) is 5.75 Å². The zero-order chi connectivity index (χ0) is 12.5. The Hall–Kier alpha value is -1.73. The fourth-order valence-electron chi connectivity index (χ4n) is 1.18. The number of halogens is 1. The molecule has 0 atom stereocenters. The van der Waals surface area contributed by atoms with Gasteiger partial charge in [-0.1, -0.05) is 11.6 Å². The summed E-state index contributed by atoms with van der Waals surface area (Å²) in [7, 11) is -3.75. The number of H-pyrrole nitrogens is 1. The first-order valence-corrected chi connectivity index (χ1v) is 6.35. The van der Waals surface area contributed by atoms with Crippen LogP contribution in [0.3, 0.4) is 0 Å². The Balaban J connectivity index is 2.33. The molecule has 0 aliphatic rings. The molecule has 0 saturated heterocycles. The minimum atomic E-state index is -3.75. The van der Waals surface area contributed by atoms with E-state index in [1.165, 1.54) is 24.4 Å². The van der Waals surface area contributed by atoms with Crippen molar-refractivity contribution >= 4 is 27.3 Å². The van der Waals surface area contributed by atoms with Crippen molar-refractivity contribution in [2.45, 2.75) is 4.90 Å². The fraction of sp³-hybridized carbons (Fsp3) is 0. The Morgan fingerprint density at radius 3 is 2.76 bits per heavy atom. The number of benzene rings is 1. The van der Waals surface area contributed by atoms with Gasteiger partial charge in [0.15, 0.2) is 0 Å². The smallest absolute Gasteiger partial charge is 0.265 e. The maximum absolute atomic E-state index is 11.8. The second-order valence-corrected chi connectivity index (χ2v) is 5.32. The molecule has 0 fully saturated rings. The van der Waals surface area contributed by atoms with Gasteiger partial charge in [-0.2, -0.15) is 5.10 Å². The Morgan fingerprint density at radius 2 is 2.18 bits per heavy atom. The standard InChI is InChI=1S/C9H8ClN3O3S/c10-6-1-2-8(9(14)3-6)13-17(15,16)7-4-11-12-5-7/h1-5,13-14H,(H,11,12). The molecule has 1 aromatic carbocycles. The van der Waals surface area contributed by atoms with Crippen molar-refractivity contribution in [3.63, 3.8) is 0 Å². The van der Waals surface area contributed by atoms with Crippen LogP contribution >= 0.6 is 11.6 Å². The predicted octanol–water partition coefficient (Wildman–Crippen LogP) is 1.57. The number of aromatic hydroxyl groups is 1. The Labute approximate surface area is 102 Å². The molecule has 0 spiro atoms. The second-order valence-electron chi connectivity index (χ2n) is 3.20. The van der Waals surface area contributed by atoms with E-state index in [1.807, 2.05) is 0 Å². The van der Waals surface area contributed by atoms with Crippen LogP contribution in [-0.4, -0.2) is 23.7 Å². The van der Waals surface area contributed by atoms with E-state index in [0.29, 0.717) is 5.02 Å². The molecule has 1 heterocycles. The highest BCUT2D eigenvalue weighted by Gasteiger charge is 2.16. The van der Waals surface area contributed by atoms with E-state index in [4.69, 9.17) is 11.6 Å². The van der Waals surface area contributed by atoms with E-state index < -0.39 is 10.0 Å². The van der Waals surface area contributed by atoms with Crippen LogP contribution in [0.2, 0.25) is 5.02 Å². The minimum Gasteiger partial charge on any atom is -0.506 e. The normalized spacial score (nSPS) is 11.4. The molecule has 0 aliphatic carbocycles. The van der Waals surface area contributed by atoms with Crippen LogP contribution in [0.4, 0.5) is 5.69 Å². The summed E-state index contributed by atoms with van der Waals surface area (Å²) in [5, 5.41) is 15.8. The quantitative estimate of drug-likeness (QED) is 0.740. The summed E-state index contributed by atoms with van der Waals surface area (Å²) in [6.45, 7) is 0. The molecule has 2 rings (SSSR count). The number of hydrogen-bond donors (Lipinski definition) is 3. The Bertz CT molecular complexity index is 625. The first-order valence-electron chi connectivity index (χ1n) is 4.49. The summed E-state index contributed by atoms with van der Waals surface area (Å²) >= 11 is 5.64. The number of hydrogen-bond acceptors (Lipinski definition) is 4. The molecule has 90 valence electrons. The molecule has 6 nitrogen and oxygen atoms in total. The molecule has 3 N–H and O–H groups in total. The minimum absolute atomic E-state index is 0.0214. The van der Waals surface area contributed by atoms with Crippen molar-refractivity contribution in [3.8, 4) is 5.75 Å². The van der Waals surface area contributed by atoms with Gasteiger partial charge in [0.1, 0.15) is 10.6 Å². The van der Waals surface area contributed by atoms with Crippen LogP contribution in [0.25, 0.3) is 0 Å². The van der Waals surface area contributed by atoms with Gasteiger partial charge in [0, 0.05) is 17.3 Å². The van der Waals surface area contributed by atoms with Crippen molar-refractivity contribution in [2.75, 3.05) is 4.72 Å². The second kappa shape index (κ2) is 4.27. The topological polar surface area (TPSA) is 95.1 Å². The van der Waals surface area contributed by atoms with Crippen LogP contribution in [0, 0.1) is 0 Å². The number of rotatable bonds is 3. The number of nitrogens with one attached hydrogen (secondary N) is 2. The van der Waals surface area contributed by atoms with Crippen molar-refractivity contribution in [1.82, 2.24) is 10.2 Å². The molecule has 17 heavy (non-hydrogen) atoms. The zero-order valence-electron chi connectivity index (χ0n) is 8.38. The summed E-state index contributed by atoms with van der Waals surface area (Å²) in [6, 6.07) is 4.08. The lowest BCUT2D eigenvalue weighted by molar-refractivity contribution is 0.477. The van der Waals surface area contributed by atoms with E-state index in [9.17, 15) is 13.5 Å². The summed E-state index contributed by atoms with van der Waals surface area (Å²) in [5.41, 5.74) is 0.0515. The summed E-state index contributed by atoms with van der Waals surface area (Å²) < 4.78 is 25.8. The molecule has 0 radical (unpaired) electrons. The summed E-state index contributed by atoms with van der Waals surface area (Å²) in [4.78, 5) is -0.0214. The maximum Gasteiger partial charge on any atom is 0.265 e. The molecule has 0 aliphatic heterocycles.